The average molecular weight is 410 g/mol. The Balaban J connectivity index is 1.34. The van der Waals surface area contributed by atoms with Gasteiger partial charge in [-0.3, -0.25) is 14.5 Å². The zero-order valence-electron chi connectivity index (χ0n) is 15.9. The molecule has 7 nitrogen and oxygen atoms in total. The topological polar surface area (TPSA) is 81.8 Å². The lowest BCUT2D eigenvalue weighted by Gasteiger charge is -2.29. The van der Waals surface area contributed by atoms with Crippen molar-refractivity contribution in [3.63, 3.8) is 0 Å². The lowest BCUT2D eigenvalue weighted by atomic mass is 10.2. The molecule has 0 atom stereocenters. The van der Waals surface area contributed by atoms with Crippen LogP contribution in [0.15, 0.2) is 53.4 Å². The molecule has 4 rings (SSSR count). The molecule has 0 aliphatic carbocycles. The Bertz CT molecular complexity index is 949. The minimum absolute atomic E-state index is 0.0459. The van der Waals surface area contributed by atoms with Crippen LogP contribution in [0.3, 0.4) is 0 Å². The standard InChI is InChI=1S/C21H22N4O3S/c26-19(23-15-4-3-5-16(14-15)24-11-10-22-21(24)28)8-9-20(27)25-12-13-29-18-7-2-1-6-17(18)25/h1-7,14H,8-13H2,(H,22,28)(H,23,26). The van der Waals surface area contributed by atoms with Crippen LogP contribution in [0.2, 0.25) is 0 Å². The van der Waals surface area contributed by atoms with E-state index in [1.165, 1.54) is 0 Å². The Morgan fingerprint density at radius 1 is 1.07 bits per heavy atom. The summed E-state index contributed by atoms with van der Waals surface area (Å²) in [6, 6.07) is 14.9. The highest BCUT2D eigenvalue weighted by Crippen LogP contribution is 2.34. The fourth-order valence-electron chi connectivity index (χ4n) is 3.48. The van der Waals surface area contributed by atoms with Gasteiger partial charge in [0.05, 0.1) is 5.69 Å². The molecule has 8 heteroatoms. The molecule has 2 aromatic rings. The van der Waals surface area contributed by atoms with Gasteiger partial charge >= 0.3 is 6.03 Å². The summed E-state index contributed by atoms with van der Waals surface area (Å²) in [7, 11) is 0. The number of carbonyl (C=O) groups excluding carboxylic acids is 3. The van der Waals surface area contributed by atoms with Gasteiger partial charge in [-0.15, -0.1) is 11.8 Å². The second kappa shape index (κ2) is 8.57. The predicted octanol–water partition coefficient (Wildman–Crippen LogP) is 3.07. The number of anilines is 3. The van der Waals surface area contributed by atoms with Crippen LogP contribution in [-0.4, -0.2) is 43.2 Å². The molecule has 2 heterocycles. The number of thioether (sulfide) groups is 1. The maximum absolute atomic E-state index is 12.7. The molecule has 1 saturated heterocycles. The normalized spacial score (nSPS) is 15.7. The highest BCUT2D eigenvalue weighted by molar-refractivity contribution is 7.99. The molecule has 4 amide bonds. The maximum atomic E-state index is 12.7. The first-order chi connectivity index (χ1) is 14.1. The van der Waals surface area contributed by atoms with Crippen molar-refractivity contribution in [2.45, 2.75) is 17.7 Å². The van der Waals surface area contributed by atoms with E-state index in [-0.39, 0.29) is 30.7 Å². The van der Waals surface area contributed by atoms with Crippen molar-refractivity contribution in [2.24, 2.45) is 0 Å². The number of para-hydroxylation sites is 1. The van der Waals surface area contributed by atoms with Crippen molar-refractivity contribution in [3.05, 3.63) is 48.5 Å². The molecule has 0 radical (unpaired) electrons. The van der Waals surface area contributed by atoms with Crippen LogP contribution in [0.25, 0.3) is 0 Å². The zero-order chi connectivity index (χ0) is 20.2. The number of rotatable bonds is 5. The minimum atomic E-state index is -0.221. The van der Waals surface area contributed by atoms with Crippen LogP contribution in [0, 0.1) is 0 Å². The molecule has 2 N–H and O–H groups in total. The van der Waals surface area contributed by atoms with Gasteiger partial charge in [0.1, 0.15) is 0 Å². The molecule has 0 spiro atoms. The van der Waals surface area contributed by atoms with Crippen molar-refractivity contribution >= 4 is 46.7 Å². The summed E-state index contributed by atoms with van der Waals surface area (Å²) in [6.07, 6.45) is 0.262. The van der Waals surface area contributed by atoms with Gasteiger partial charge in [0.2, 0.25) is 11.8 Å². The number of hydrogen-bond acceptors (Lipinski definition) is 4. The summed E-state index contributed by atoms with van der Waals surface area (Å²) >= 11 is 1.74. The van der Waals surface area contributed by atoms with Crippen LogP contribution in [0.1, 0.15) is 12.8 Å². The van der Waals surface area contributed by atoms with Gasteiger partial charge in [-0.25, -0.2) is 4.79 Å². The first kappa shape index (κ1) is 19.3. The maximum Gasteiger partial charge on any atom is 0.321 e. The molecular weight excluding hydrogens is 388 g/mol. The first-order valence-corrected chi connectivity index (χ1v) is 10.6. The average Bonchev–Trinajstić information content (AvgIpc) is 3.17. The predicted molar refractivity (Wildman–Crippen MR) is 115 cm³/mol. The number of carbonyl (C=O) groups is 3. The Labute approximate surface area is 173 Å². The molecule has 29 heavy (non-hydrogen) atoms. The Morgan fingerprint density at radius 3 is 2.76 bits per heavy atom. The number of nitrogens with one attached hydrogen (secondary N) is 2. The van der Waals surface area contributed by atoms with Gasteiger partial charge in [0.25, 0.3) is 0 Å². The summed E-state index contributed by atoms with van der Waals surface area (Å²) in [6.45, 7) is 1.86. The fraction of sp³-hybridized carbons (Fsp3) is 0.286. The van der Waals surface area contributed by atoms with Gasteiger partial charge in [-0.2, -0.15) is 0 Å². The number of amides is 4. The Kier molecular flexibility index (Phi) is 5.71. The number of benzene rings is 2. The highest BCUT2D eigenvalue weighted by Gasteiger charge is 2.23. The van der Waals surface area contributed by atoms with Gasteiger partial charge in [-0.1, -0.05) is 18.2 Å². The molecule has 2 aromatic carbocycles. The van der Waals surface area contributed by atoms with Crippen LogP contribution < -0.4 is 20.4 Å². The van der Waals surface area contributed by atoms with Gasteiger partial charge < -0.3 is 15.5 Å². The minimum Gasteiger partial charge on any atom is -0.336 e. The van der Waals surface area contributed by atoms with Crippen molar-refractivity contribution < 1.29 is 14.4 Å². The first-order valence-electron chi connectivity index (χ1n) is 9.59. The Hall–Kier alpha value is -3.00. The van der Waals surface area contributed by atoms with Crippen LogP contribution in [-0.2, 0) is 9.59 Å². The lowest BCUT2D eigenvalue weighted by molar-refractivity contribution is -0.122. The molecule has 2 aliphatic heterocycles. The summed E-state index contributed by atoms with van der Waals surface area (Å²) in [5.41, 5.74) is 2.27. The van der Waals surface area contributed by atoms with E-state index in [4.69, 9.17) is 0 Å². The third kappa shape index (κ3) is 4.37. The monoisotopic (exact) mass is 410 g/mol. The van der Waals surface area contributed by atoms with Crippen molar-refractivity contribution in [1.29, 1.82) is 0 Å². The quantitative estimate of drug-likeness (QED) is 0.794. The largest absolute Gasteiger partial charge is 0.336 e. The second-order valence-electron chi connectivity index (χ2n) is 6.84. The SMILES string of the molecule is O=C(CCC(=O)N1CCSc2ccccc21)Nc1cccc(N2CCNC2=O)c1. The molecule has 0 aromatic heterocycles. The van der Waals surface area contributed by atoms with E-state index < -0.39 is 0 Å². The van der Waals surface area contributed by atoms with Crippen LogP contribution in [0.4, 0.5) is 21.9 Å². The molecule has 2 aliphatic rings. The molecule has 0 bridgehead atoms. The number of hydrogen-bond donors (Lipinski definition) is 2. The second-order valence-corrected chi connectivity index (χ2v) is 7.98. The van der Waals surface area contributed by atoms with E-state index in [1.54, 1.807) is 39.8 Å². The molecule has 1 fully saturated rings. The molecule has 150 valence electrons. The summed E-state index contributed by atoms with van der Waals surface area (Å²) in [5, 5.41) is 5.58. The van der Waals surface area contributed by atoms with Gasteiger partial charge in [0.15, 0.2) is 0 Å². The van der Waals surface area contributed by atoms with Crippen molar-refractivity contribution in [3.8, 4) is 0 Å². The zero-order valence-corrected chi connectivity index (χ0v) is 16.7. The number of nitrogens with zero attached hydrogens (tertiary/aromatic N) is 2. The smallest absolute Gasteiger partial charge is 0.321 e. The molecule has 0 unspecified atom stereocenters. The fourth-order valence-corrected chi connectivity index (χ4v) is 4.47. The third-order valence-electron chi connectivity index (χ3n) is 4.89. The number of urea groups is 1. The van der Waals surface area contributed by atoms with E-state index in [9.17, 15) is 14.4 Å². The third-order valence-corrected chi connectivity index (χ3v) is 5.94. The number of fused-ring (bicyclic) bond motifs is 1. The van der Waals surface area contributed by atoms with Gasteiger partial charge in [-0.05, 0) is 30.3 Å². The van der Waals surface area contributed by atoms with Crippen LogP contribution >= 0.6 is 11.8 Å². The van der Waals surface area contributed by atoms with Crippen LogP contribution in [0.5, 0.6) is 0 Å². The van der Waals surface area contributed by atoms with Crippen molar-refractivity contribution in [1.82, 2.24) is 5.32 Å². The summed E-state index contributed by atoms with van der Waals surface area (Å²) < 4.78 is 0. The van der Waals surface area contributed by atoms with E-state index in [1.807, 2.05) is 30.3 Å². The van der Waals surface area contributed by atoms with E-state index in [2.05, 4.69) is 10.6 Å². The Morgan fingerprint density at radius 2 is 1.93 bits per heavy atom. The summed E-state index contributed by atoms with van der Waals surface area (Å²) in [4.78, 5) is 41.3. The van der Waals surface area contributed by atoms with E-state index in [0.29, 0.717) is 25.3 Å². The summed E-state index contributed by atoms with van der Waals surface area (Å²) in [5.74, 6) is 0.586. The van der Waals surface area contributed by atoms with E-state index >= 15 is 0 Å². The molecule has 0 saturated carbocycles. The molecular formula is C21H22N4O3S. The lowest BCUT2D eigenvalue weighted by Crippen LogP contribution is -2.35. The van der Waals surface area contributed by atoms with Crippen molar-refractivity contribution in [2.75, 3.05) is 40.5 Å². The van der Waals surface area contributed by atoms with Gasteiger partial charge in [0, 0.05) is 54.5 Å². The highest BCUT2D eigenvalue weighted by atomic mass is 32.2. The van der Waals surface area contributed by atoms with E-state index in [0.717, 1.165) is 22.0 Å².